The third-order valence-corrected chi connectivity index (χ3v) is 3.01. The summed E-state index contributed by atoms with van der Waals surface area (Å²) >= 11 is 0. The first kappa shape index (κ1) is 17.2. The molecule has 0 saturated heterocycles. The average Bonchev–Trinajstić information content (AvgIpc) is 2.22. The predicted molar refractivity (Wildman–Crippen MR) is 76.0 cm³/mol. The lowest BCUT2D eigenvalue weighted by molar-refractivity contribution is 0.560. The van der Waals surface area contributed by atoms with Gasteiger partial charge in [0.2, 0.25) is 10.0 Å². The molecule has 0 aromatic heterocycles. The molecule has 0 rings (SSSR count). The smallest absolute Gasteiger partial charge is 0.210 e. The molecule has 18 heavy (non-hydrogen) atoms. The molecular formula is C11H26N4O2S. The minimum Gasteiger partial charge on any atom is -0.357 e. The van der Waals surface area contributed by atoms with E-state index >= 15 is 0 Å². The molecule has 0 radical (unpaired) electrons. The molecule has 0 unspecified atom stereocenters. The van der Waals surface area contributed by atoms with E-state index in [0.717, 1.165) is 25.9 Å². The van der Waals surface area contributed by atoms with Gasteiger partial charge in [-0.05, 0) is 25.7 Å². The lowest BCUT2D eigenvalue weighted by Gasteiger charge is -2.10. The van der Waals surface area contributed by atoms with E-state index in [-0.39, 0.29) is 12.3 Å². The number of hydrogen-bond acceptors (Lipinski definition) is 3. The van der Waals surface area contributed by atoms with Crippen LogP contribution in [0.5, 0.6) is 0 Å². The van der Waals surface area contributed by atoms with Crippen LogP contribution in [0.15, 0.2) is 4.99 Å². The number of hydrogen-bond donors (Lipinski definition) is 3. The number of rotatable bonds is 8. The van der Waals surface area contributed by atoms with Crippen molar-refractivity contribution < 1.29 is 8.42 Å². The van der Waals surface area contributed by atoms with E-state index in [4.69, 9.17) is 5.14 Å². The van der Waals surface area contributed by atoms with E-state index in [9.17, 15) is 8.42 Å². The Labute approximate surface area is 110 Å². The van der Waals surface area contributed by atoms with Crippen LogP contribution in [0.2, 0.25) is 0 Å². The summed E-state index contributed by atoms with van der Waals surface area (Å²) in [4.78, 5) is 4.36. The summed E-state index contributed by atoms with van der Waals surface area (Å²) in [7, 11) is -3.42. The van der Waals surface area contributed by atoms with E-state index in [1.807, 2.05) is 6.92 Å². The molecule has 6 nitrogen and oxygen atoms in total. The largest absolute Gasteiger partial charge is 0.357 e. The van der Waals surface area contributed by atoms with Gasteiger partial charge in [-0.25, -0.2) is 13.6 Å². The Bertz CT molecular complexity index is 339. The van der Waals surface area contributed by atoms with Gasteiger partial charge in [0, 0.05) is 19.6 Å². The number of primary sulfonamides is 1. The van der Waals surface area contributed by atoms with Crippen molar-refractivity contribution in [3.05, 3.63) is 0 Å². The van der Waals surface area contributed by atoms with Crippen molar-refractivity contribution in [3.8, 4) is 0 Å². The van der Waals surface area contributed by atoms with Gasteiger partial charge in [-0.1, -0.05) is 13.8 Å². The Kier molecular flexibility index (Phi) is 8.74. The number of nitrogens with two attached hydrogens (primary N) is 1. The lowest BCUT2D eigenvalue weighted by Crippen LogP contribution is -2.40. The number of sulfonamides is 1. The van der Waals surface area contributed by atoms with Crippen molar-refractivity contribution in [1.29, 1.82) is 0 Å². The second-order valence-electron chi connectivity index (χ2n) is 4.59. The maximum atomic E-state index is 10.8. The van der Waals surface area contributed by atoms with Crippen molar-refractivity contribution in [2.24, 2.45) is 16.0 Å². The second kappa shape index (κ2) is 9.16. The minimum absolute atomic E-state index is 0.0938. The van der Waals surface area contributed by atoms with Crippen molar-refractivity contribution in [2.75, 3.05) is 25.4 Å². The third-order valence-electron chi connectivity index (χ3n) is 2.23. The Morgan fingerprint density at radius 2 is 2.00 bits per heavy atom. The van der Waals surface area contributed by atoms with Gasteiger partial charge < -0.3 is 10.6 Å². The van der Waals surface area contributed by atoms with E-state index in [0.29, 0.717) is 11.9 Å². The van der Waals surface area contributed by atoms with Crippen LogP contribution in [0, 0.1) is 5.92 Å². The molecule has 0 aromatic carbocycles. The molecule has 0 aliphatic carbocycles. The maximum Gasteiger partial charge on any atom is 0.210 e. The second-order valence-corrected chi connectivity index (χ2v) is 6.32. The molecule has 0 bridgehead atoms. The molecule has 0 fully saturated rings. The van der Waals surface area contributed by atoms with Gasteiger partial charge >= 0.3 is 0 Å². The van der Waals surface area contributed by atoms with Crippen molar-refractivity contribution in [1.82, 2.24) is 10.6 Å². The van der Waals surface area contributed by atoms with Crippen LogP contribution in [0.25, 0.3) is 0 Å². The summed E-state index contributed by atoms with van der Waals surface area (Å²) < 4.78 is 21.6. The topological polar surface area (TPSA) is 96.6 Å². The molecular weight excluding hydrogens is 252 g/mol. The van der Waals surface area contributed by atoms with E-state index in [2.05, 4.69) is 29.5 Å². The van der Waals surface area contributed by atoms with Gasteiger partial charge in [0.25, 0.3) is 0 Å². The Hall–Kier alpha value is -0.820. The molecule has 0 heterocycles. The van der Waals surface area contributed by atoms with Crippen LogP contribution in [0.4, 0.5) is 0 Å². The van der Waals surface area contributed by atoms with E-state index in [1.54, 1.807) is 0 Å². The average molecular weight is 278 g/mol. The molecule has 0 saturated carbocycles. The van der Waals surface area contributed by atoms with Gasteiger partial charge in [0.1, 0.15) is 0 Å². The Morgan fingerprint density at radius 3 is 2.50 bits per heavy atom. The fourth-order valence-electron chi connectivity index (χ4n) is 1.34. The zero-order chi connectivity index (χ0) is 14.0. The van der Waals surface area contributed by atoms with Gasteiger partial charge in [-0.2, -0.15) is 0 Å². The highest BCUT2D eigenvalue weighted by Crippen LogP contribution is 2.02. The molecule has 0 aromatic rings. The summed E-state index contributed by atoms with van der Waals surface area (Å²) in [5, 5.41) is 10.9. The lowest BCUT2D eigenvalue weighted by atomic mass is 10.1. The Morgan fingerprint density at radius 1 is 1.33 bits per heavy atom. The molecule has 108 valence electrons. The van der Waals surface area contributed by atoms with Gasteiger partial charge in [-0.3, -0.25) is 4.99 Å². The molecule has 0 aliphatic heterocycles. The molecule has 0 spiro atoms. The highest BCUT2D eigenvalue weighted by atomic mass is 32.2. The van der Waals surface area contributed by atoms with Gasteiger partial charge in [0.15, 0.2) is 5.96 Å². The summed E-state index contributed by atoms with van der Waals surface area (Å²) in [6, 6.07) is 0. The van der Waals surface area contributed by atoms with Crippen molar-refractivity contribution >= 4 is 16.0 Å². The first-order chi connectivity index (χ1) is 8.35. The Balaban J connectivity index is 4.00. The van der Waals surface area contributed by atoms with E-state index in [1.165, 1.54) is 0 Å². The van der Waals surface area contributed by atoms with Gasteiger partial charge in [0.05, 0.1) is 5.75 Å². The standard InChI is InChI=1S/C11H26N4O2S/c1-4-13-11(14-7-5-6-10(2)3)15-8-9-18(12,16)17/h10H,4-9H2,1-3H3,(H2,12,16,17)(H2,13,14,15). The number of aliphatic imine (C=N–C) groups is 1. The SMILES string of the molecule is CCNC(=NCCCC(C)C)NCCS(N)(=O)=O. The summed E-state index contributed by atoms with van der Waals surface area (Å²) in [5.74, 6) is 1.23. The van der Waals surface area contributed by atoms with Crippen LogP contribution >= 0.6 is 0 Å². The van der Waals surface area contributed by atoms with Crippen LogP contribution in [-0.2, 0) is 10.0 Å². The molecule has 4 N–H and O–H groups in total. The minimum atomic E-state index is -3.42. The summed E-state index contributed by atoms with van der Waals surface area (Å²) in [6.45, 7) is 8.08. The maximum absolute atomic E-state index is 10.8. The summed E-state index contributed by atoms with van der Waals surface area (Å²) in [5.41, 5.74) is 0. The fourth-order valence-corrected chi connectivity index (χ4v) is 1.73. The number of guanidine groups is 1. The molecule has 0 aliphatic rings. The normalized spacial score (nSPS) is 12.8. The fraction of sp³-hybridized carbons (Fsp3) is 0.909. The van der Waals surface area contributed by atoms with E-state index < -0.39 is 10.0 Å². The van der Waals surface area contributed by atoms with Crippen LogP contribution in [0.3, 0.4) is 0 Å². The first-order valence-corrected chi connectivity index (χ1v) is 8.09. The number of nitrogens with zero attached hydrogens (tertiary/aromatic N) is 1. The highest BCUT2D eigenvalue weighted by Gasteiger charge is 2.03. The summed E-state index contributed by atoms with van der Waals surface area (Å²) in [6.07, 6.45) is 2.17. The first-order valence-electron chi connectivity index (χ1n) is 6.37. The zero-order valence-electron chi connectivity index (χ0n) is 11.6. The zero-order valence-corrected chi connectivity index (χ0v) is 12.4. The monoisotopic (exact) mass is 278 g/mol. The highest BCUT2D eigenvalue weighted by molar-refractivity contribution is 7.89. The third kappa shape index (κ3) is 11.7. The predicted octanol–water partition coefficient (Wildman–Crippen LogP) is 0.266. The van der Waals surface area contributed by atoms with Crippen molar-refractivity contribution in [3.63, 3.8) is 0 Å². The van der Waals surface area contributed by atoms with Crippen molar-refractivity contribution in [2.45, 2.75) is 33.6 Å². The van der Waals surface area contributed by atoms with Crippen LogP contribution in [-0.4, -0.2) is 39.8 Å². The van der Waals surface area contributed by atoms with Crippen LogP contribution < -0.4 is 15.8 Å². The molecule has 0 atom stereocenters. The number of nitrogens with one attached hydrogen (secondary N) is 2. The van der Waals surface area contributed by atoms with Crippen LogP contribution in [0.1, 0.15) is 33.6 Å². The molecule has 7 heteroatoms. The molecule has 0 amide bonds. The van der Waals surface area contributed by atoms with Gasteiger partial charge in [-0.15, -0.1) is 0 Å². The quantitative estimate of drug-likeness (QED) is 0.337.